The third kappa shape index (κ3) is 1.98. The van der Waals surface area contributed by atoms with Crippen LogP contribution < -0.4 is 5.48 Å². The Kier molecular flexibility index (Phi) is 3.23. The molecule has 20 heavy (non-hydrogen) atoms. The molecular formula is C14H14FN3O2. The molecule has 1 aliphatic carbocycles. The summed E-state index contributed by atoms with van der Waals surface area (Å²) in [5.41, 5.74) is 4.71. The molecule has 1 aromatic heterocycles. The van der Waals surface area contributed by atoms with Crippen LogP contribution in [0.4, 0.5) is 4.39 Å². The van der Waals surface area contributed by atoms with Gasteiger partial charge in [-0.2, -0.15) is 5.10 Å². The van der Waals surface area contributed by atoms with Gasteiger partial charge in [0.25, 0.3) is 5.91 Å². The number of hydrogen-bond donors (Lipinski definition) is 1. The minimum Gasteiger partial charge on any atom is -0.277 e. The van der Waals surface area contributed by atoms with E-state index in [0.29, 0.717) is 11.4 Å². The summed E-state index contributed by atoms with van der Waals surface area (Å²) in [5.74, 6) is -0.760. The summed E-state index contributed by atoms with van der Waals surface area (Å²) in [5, 5.41) is 4.27. The fraction of sp³-hybridized carbons (Fsp3) is 0.286. The number of rotatable bonds is 3. The van der Waals surface area contributed by atoms with Crippen LogP contribution in [0.1, 0.15) is 28.2 Å². The number of carbonyl (C=O) groups is 1. The summed E-state index contributed by atoms with van der Waals surface area (Å²) in [7, 11) is 1.37. The summed E-state index contributed by atoms with van der Waals surface area (Å²) in [6, 6.07) is 6.41. The van der Waals surface area contributed by atoms with Crippen molar-refractivity contribution in [2.24, 2.45) is 0 Å². The Bertz CT molecular complexity index is 666. The van der Waals surface area contributed by atoms with Crippen molar-refractivity contribution in [1.82, 2.24) is 15.3 Å². The van der Waals surface area contributed by atoms with Gasteiger partial charge < -0.3 is 0 Å². The predicted octanol–water partition coefficient (Wildman–Crippen LogP) is 1.79. The molecule has 0 radical (unpaired) electrons. The first-order chi connectivity index (χ1) is 9.72. The lowest BCUT2D eigenvalue weighted by atomic mass is 10.2. The highest BCUT2D eigenvalue weighted by atomic mass is 19.1. The second kappa shape index (κ2) is 5.05. The topological polar surface area (TPSA) is 56.1 Å². The number of fused-ring (bicyclic) bond motifs is 1. The van der Waals surface area contributed by atoms with Gasteiger partial charge in [0.15, 0.2) is 5.69 Å². The molecule has 0 unspecified atom stereocenters. The van der Waals surface area contributed by atoms with Crippen LogP contribution in [-0.4, -0.2) is 22.8 Å². The zero-order valence-corrected chi connectivity index (χ0v) is 11.0. The van der Waals surface area contributed by atoms with Crippen molar-refractivity contribution in [1.29, 1.82) is 0 Å². The third-order valence-electron chi connectivity index (χ3n) is 3.42. The van der Waals surface area contributed by atoms with E-state index in [4.69, 9.17) is 0 Å². The van der Waals surface area contributed by atoms with E-state index in [1.54, 1.807) is 18.2 Å². The predicted molar refractivity (Wildman–Crippen MR) is 70.0 cm³/mol. The number of nitrogens with zero attached hydrogens (tertiary/aromatic N) is 2. The van der Waals surface area contributed by atoms with E-state index < -0.39 is 5.91 Å². The van der Waals surface area contributed by atoms with Crippen LogP contribution in [0.2, 0.25) is 0 Å². The molecule has 0 aliphatic heterocycles. The van der Waals surface area contributed by atoms with Gasteiger partial charge >= 0.3 is 0 Å². The first kappa shape index (κ1) is 12.8. The smallest absolute Gasteiger partial charge is 0.277 e. The molecular weight excluding hydrogens is 261 g/mol. The highest BCUT2D eigenvalue weighted by Gasteiger charge is 2.27. The van der Waals surface area contributed by atoms with E-state index in [0.717, 1.165) is 30.5 Å². The monoisotopic (exact) mass is 275 g/mol. The van der Waals surface area contributed by atoms with Crippen LogP contribution in [-0.2, 0) is 17.7 Å². The molecule has 3 rings (SSSR count). The molecule has 5 nitrogen and oxygen atoms in total. The Hall–Kier alpha value is -2.21. The molecule has 0 bridgehead atoms. The molecule has 1 heterocycles. The standard InChI is InChI=1S/C14H14FN3O2/c1-20-17-14(19)13-9-5-4-8-11(9)18(16-13)12-7-3-2-6-10(12)15/h2-3,6-7H,4-5,8H2,1H3,(H,17,19). The maximum absolute atomic E-state index is 13.9. The minimum absolute atomic E-state index is 0.308. The van der Waals surface area contributed by atoms with Crippen molar-refractivity contribution in [3.8, 4) is 5.69 Å². The van der Waals surface area contributed by atoms with Crippen molar-refractivity contribution >= 4 is 5.91 Å². The van der Waals surface area contributed by atoms with Crippen LogP contribution in [0.3, 0.4) is 0 Å². The second-order valence-corrected chi connectivity index (χ2v) is 4.63. The van der Waals surface area contributed by atoms with Crippen molar-refractivity contribution in [2.75, 3.05) is 7.11 Å². The fourth-order valence-electron chi connectivity index (χ4n) is 2.58. The number of hydroxylamine groups is 1. The van der Waals surface area contributed by atoms with Gasteiger partial charge in [0.1, 0.15) is 11.5 Å². The molecule has 2 aromatic rings. The van der Waals surface area contributed by atoms with Gasteiger partial charge in [0.05, 0.1) is 7.11 Å². The summed E-state index contributed by atoms with van der Waals surface area (Å²) < 4.78 is 15.4. The number of hydrogen-bond acceptors (Lipinski definition) is 3. The third-order valence-corrected chi connectivity index (χ3v) is 3.42. The summed E-state index contributed by atoms with van der Waals surface area (Å²) in [4.78, 5) is 16.6. The Balaban J connectivity index is 2.12. The van der Waals surface area contributed by atoms with E-state index in [-0.39, 0.29) is 5.82 Å². The van der Waals surface area contributed by atoms with Gasteiger partial charge in [0.2, 0.25) is 0 Å². The molecule has 104 valence electrons. The highest BCUT2D eigenvalue weighted by Crippen LogP contribution is 2.28. The normalized spacial score (nSPS) is 13.3. The number of aromatic nitrogens is 2. The number of para-hydroxylation sites is 1. The lowest BCUT2D eigenvalue weighted by Gasteiger charge is -2.06. The van der Waals surface area contributed by atoms with E-state index in [2.05, 4.69) is 15.4 Å². The molecule has 1 N–H and O–H groups in total. The van der Waals surface area contributed by atoms with Crippen LogP contribution in [0.25, 0.3) is 5.69 Å². The van der Waals surface area contributed by atoms with E-state index in [1.807, 2.05) is 0 Å². The maximum Gasteiger partial charge on any atom is 0.295 e. The minimum atomic E-state index is -0.402. The average molecular weight is 275 g/mol. The van der Waals surface area contributed by atoms with Crippen LogP contribution in [0, 0.1) is 5.82 Å². The number of nitrogens with one attached hydrogen (secondary N) is 1. The quantitative estimate of drug-likeness (QED) is 0.869. The van der Waals surface area contributed by atoms with E-state index >= 15 is 0 Å². The largest absolute Gasteiger partial charge is 0.295 e. The molecule has 0 saturated heterocycles. The van der Waals surface area contributed by atoms with Crippen LogP contribution >= 0.6 is 0 Å². The Morgan fingerprint density at radius 2 is 2.20 bits per heavy atom. The molecule has 0 saturated carbocycles. The summed E-state index contributed by atoms with van der Waals surface area (Å²) >= 11 is 0. The van der Waals surface area contributed by atoms with Crippen LogP contribution in [0.15, 0.2) is 24.3 Å². The first-order valence-corrected chi connectivity index (χ1v) is 6.41. The Morgan fingerprint density at radius 3 is 2.95 bits per heavy atom. The first-order valence-electron chi connectivity index (χ1n) is 6.41. The van der Waals surface area contributed by atoms with Gasteiger partial charge in [-0.15, -0.1) is 0 Å². The van der Waals surface area contributed by atoms with Crippen molar-refractivity contribution < 1.29 is 14.0 Å². The van der Waals surface area contributed by atoms with Gasteiger partial charge in [0, 0.05) is 11.3 Å². The highest BCUT2D eigenvalue weighted by molar-refractivity contribution is 5.93. The number of amides is 1. The number of benzene rings is 1. The lowest BCUT2D eigenvalue weighted by molar-refractivity contribution is 0.0531. The van der Waals surface area contributed by atoms with E-state index in [9.17, 15) is 9.18 Å². The molecule has 1 amide bonds. The Morgan fingerprint density at radius 1 is 1.40 bits per heavy atom. The lowest BCUT2D eigenvalue weighted by Crippen LogP contribution is -2.23. The molecule has 0 fully saturated rings. The molecule has 1 aliphatic rings. The van der Waals surface area contributed by atoms with E-state index in [1.165, 1.54) is 17.9 Å². The van der Waals surface area contributed by atoms with Crippen LogP contribution in [0.5, 0.6) is 0 Å². The zero-order valence-electron chi connectivity index (χ0n) is 11.0. The van der Waals surface area contributed by atoms with Crippen molar-refractivity contribution in [3.05, 3.63) is 47.0 Å². The van der Waals surface area contributed by atoms with Crippen molar-refractivity contribution in [2.45, 2.75) is 19.3 Å². The molecule has 0 atom stereocenters. The maximum atomic E-state index is 13.9. The second-order valence-electron chi connectivity index (χ2n) is 4.63. The molecule has 1 aromatic carbocycles. The number of halogens is 1. The van der Waals surface area contributed by atoms with Gasteiger partial charge in [-0.1, -0.05) is 12.1 Å². The van der Waals surface area contributed by atoms with Gasteiger partial charge in [-0.3, -0.25) is 9.63 Å². The molecule has 6 heteroatoms. The fourth-order valence-corrected chi connectivity index (χ4v) is 2.58. The SMILES string of the molecule is CONC(=O)c1nn(-c2ccccc2F)c2c1CCC2. The summed E-state index contributed by atoms with van der Waals surface area (Å²) in [6.45, 7) is 0. The number of carbonyl (C=O) groups excluding carboxylic acids is 1. The van der Waals surface area contributed by atoms with Crippen molar-refractivity contribution in [3.63, 3.8) is 0 Å². The summed E-state index contributed by atoms with van der Waals surface area (Å²) in [6.07, 6.45) is 2.50. The average Bonchev–Trinajstić information content (AvgIpc) is 3.01. The Labute approximate surface area is 115 Å². The molecule has 0 spiro atoms. The van der Waals surface area contributed by atoms with Gasteiger partial charge in [-0.05, 0) is 31.4 Å². The zero-order chi connectivity index (χ0) is 14.1. The van der Waals surface area contributed by atoms with Gasteiger partial charge in [-0.25, -0.2) is 14.6 Å².